The van der Waals surface area contributed by atoms with Crippen LogP contribution < -0.4 is 10.3 Å². The molecule has 2 rings (SSSR count). The Labute approximate surface area is 128 Å². The van der Waals surface area contributed by atoms with Crippen LogP contribution in [0.5, 0.6) is 5.75 Å². The molecule has 0 amide bonds. The Morgan fingerprint density at radius 2 is 2.00 bits per heavy atom. The molecule has 1 aromatic heterocycles. The molecule has 22 heavy (non-hydrogen) atoms. The summed E-state index contributed by atoms with van der Waals surface area (Å²) in [7, 11) is 0. The zero-order chi connectivity index (χ0) is 15.9. The molecular weight excluding hydrogens is 284 g/mol. The number of nitrogens with zero attached hydrogens (tertiary/aromatic N) is 1. The molecule has 1 aromatic carbocycles. The van der Waals surface area contributed by atoms with E-state index in [1.807, 2.05) is 44.2 Å². The average molecular weight is 302 g/mol. The summed E-state index contributed by atoms with van der Waals surface area (Å²) in [6.07, 6.45) is 1.16. The van der Waals surface area contributed by atoms with Crippen LogP contribution in [0.25, 0.3) is 0 Å². The van der Waals surface area contributed by atoms with Crippen molar-refractivity contribution in [3.05, 3.63) is 58.3 Å². The van der Waals surface area contributed by atoms with E-state index in [0.717, 1.165) is 11.9 Å². The van der Waals surface area contributed by atoms with E-state index in [2.05, 4.69) is 9.97 Å². The number of benzene rings is 1. The minimum absolute atomic E-state index is 0.111. The number of rotatable bonds is 6. The van der Waals surface area contributed by atoms with Crippen molar-refractivity contribution in [1.29, 1.82) is 0 Å². The van der Waals surface area contributed by atoms with Gasteiger partial charge in [-0.2, -0.15) is 0 Å². The van der Waals surface area contributed by atoms with Crippen LogP contribution in [0.2, 0.25) is 0 Å². The number of hydrogen-bond acceptors (Lipinski definition) is 5. The van der Waals surface area contributed by atoms with E-state index in [-0.39, 0.29) is 30.6 Å². The van der Waals surface area contributed by atoms with Crippen molar-refractivity contribution in [3.8, 4) is 5.75 Å². The molecule has 1 heterocycles. The molecule has 0 aliphatic heterocycles. The number of H-pyrrole nitrogens is 1. The normalized spacial score (nSPS) is 10.5. The maximum Gasteiger partial charge on any atom is 0.361 e. The Morgan fingerprint density at radius 3 is 2.68 bits per heavy atom. The zero-order valence-corrected chi connectivity index (χ0v) is 12.5. The van der Waals surface area contributed by atoms with Gasteiger partial charge in [0.15, 0.2) is 5.69 Å². The van der Waals surface area contributed by atoms with Gasteiger partial charge in [-0.15, -0.1) is 0 Å². The topological polar surface area (TPSA) is 81.3 Å². The predicted molar refractivity (Wildman–Crippen MR) is 80.8 cm³/mol. The van der Waals surface area contributed by atoms with Gasteiger partial charge in [-0.1, -0.05) is 44.2 Å². The zero-order valence-electron chi connectivity index (χ0n) is 12.5. The van der Waals surface area contributed by atoms with Crippen LogP contribution in [0.4, 0.5) is 0 Å². The van der Waals surface area contributed by atoms with Crippen LogP contribution in [0, 0.1) is 5.92 Å². The van der Waals surface area contributed by atoms with E-state index in [4.69, 9.17) is 9.47 Å². The summed E-state index contributed by atoms with van der Waals surface area (Å²) in [4.78, 5) is 30.2. The first-order valence-corrected chi connectivity index (χ1v) is 6.99. The molecule has 0 atom stereocenters. The molecule has 1 N–H and O–H groups in total. The van der Waals surface area contributed by atoms with Gasteiger partial charge in [0.25, 0.3) is 5.56 Å². The monoisotopic (exact) mass is 302 g/mol. The first kappa shape index (κ1) is 15.8. The van der Waals surface area contributed by atoms with E-state index in [0.29, 0.717) is 0 Å². The summed E-state index contributed by atoms with van der Waals surface area (Å²) in [5.41, 5.74) is 0.259. The highest BCUT2D eigenvalue weighted by atomic mass is 16.5. The molecule has 0 unspecified atom stereocenters. The van der Waals surface area contributed by atoms with Crippen molar-refractivity contribution in [2.24, 2.45) is 5.92 Å². The lowest BCUT2D eigenvalue weighted by molar-refractivity contribution is 0.0445. The van der Waals surface area contributed by atoms with Crippen LogP contribution in [0.1, 0.15) is 29.9 Å². The number of aromatic amines is 1. The summed E-state index contributed by atoms with van der Waals surface area (Å²) >= 11 is 0. The van der Waals surface area contributed by atoms with E-state index >= 15 is 0 Å². The summed E-state index contributed by atoms with van der Waals surface area (Å²) < 4.78 is 10.6. The van der Waals surface area contributed by atoms with E-state index < -0.39 is 11.5 Å². The van der Waals surface area contributed by atoms with Gasteiger partial charge in [0.2, 0.25) is 5.75 Å². The maximum atomic E-state index is 12.0. The van der Waals surface area contributed by atoms with E-state index in [9.17, 15) is 9.59 Å². The minimum atomic E-state index is -0.664. The van der Waals surface area contributed by atoms with Crippen molar-refractivity contribution in [2.45, 2.75) is 20.5 Å². The Kier molecular flexibility index (Phi) is 5.30. The fourth-order valence-corrected chi connectivity index (χ4v) is 1.71. The van der Waals surface area contributed by atoms with Crippen LogP contribution in [0.15, 0.2) is 41.5 Å². The number of ether oxygens (including phenoxy) is 2. The third kappa shape index (κ3) is 4.18. The van der Waals surface area contributed by atoms with Gasteiger partial charge >= 0.3 is 5.97 Å². The maximum absolute atomic E-state index is 12.0. The largest absolute Gasteiger partial charge is 0.481 e. The minimum Gasteiger partial charge on any atom is -0.481 e. The molecule has 0 saturated carbocycles. The Balaban J connectivity index is 2.16. The molecule has 0 aliphatic rings. The molecule has 0 aliphatic carbocycles. The number of carbonyl (C=O) groups is 1. The van der Waals surface area contributed by atoms with E-state index in [1.165, 1.54) is 0 Å². The van der Waals surface area contributed by atoms with Gasteiger partial charge in [0.05, 0.1) is 12.9 Å². The molecule has 0 bridgehead atoms. The van der Waals surface area contributed by atoms with Crippen LogP contribution in [-0.2, 0) is 11.3 Å². The number of esters is 1. The smallest absolute Gasteiger partial charge is 0.361 e. The van der Waals surface area contributed by atoms with Gasteiger partial charge in [0, 0.05) is 0 Å². The third-order valence-electron chi connectivity index (χ3n) is 2.78. The van der Waals surface area contributed by atoms with Crippen LogP contribution >= 0.6 is 0 Å². The highest BCUT2D eigenvalue weighted by Crippen LogP contribution is 2.13. The highest BCUT2D eigenvalue weighted by molar-refractivity contribution is 5.90. The molecule has 0 spiro atoms. The fourth-order valence-electron chi connectivity index (χ4n) is 1.71. The quantitative estimate of drug-likeness (QED) is 0.827. The van der Waals surface area contributed by atoms with Crippen LogP contribution in [-0.4, -0.2) is 22.5 Å². The second-order valence-electron chi connectivity index (χ2n) is 5.18. The predicted octanol–water partition coefficient (Wildman–Crippen LogP) is 2.16. The van der Waals surface area contributed by atoms with Crippen LogP contribution in [0.3, 0.4) is 0 Å². The van der Waals surface area contributed by atoms with Gasteiger partial charge in [-0.05, 0) is 11.5 Å². The molecule has 6 nitrogen and oxygen atoms in total. The van der Waals surface area contributed by atoms with Gasteiger partial charge in [-0.3, -0.25) is 4.79 Å². The summed E-state index contributed by atoms with van der Waals surface area (Å²) in [6, 6.07) is 9.34. The second kappa shape index (κ2) is 7.40. The summed E-state index contributed by atoms with van der Waals surface area (Å²) in [5, 5.41) is 0. The second-order valence-corrected chi connectivity index (χ2v) is 5.18. The lowest BCUT2D eigenvalue weighted by Crippen LogP contribution is -2.20. The van der Waals surface area contributed by atoms with E-state index in [1.54, 1.807) is 0 Å². The standard InChI is InChI=1S/C16H18N2O4/c1-11(2)8-22-16(20)13-14(15(19)18-10-17-13)21-9-12-6-4-3-5-7-12/h3-7,10-11H,8-9H2,1-2H3,(H,17,18,19). The lowest BCUT2D eigenvalue weighted by Gasteiger charge is -2.10. The molecule has 116 valence electrons. The molecule has 0 saturated heterocycles. The number of aromatic nitrogens is 2. The van der Waals surface area contributed by atoms with Crippen molar-refractivity contribution >= 4 is 5.97 Å². The van der Waals surface area contributed by atoms with Gasteiger partial charge < -0.3 is 14.5 Å². The highest BCUT2D eigenvalue weighted by Gasteiger charge is 2.19. The first-order valence-electron chi connectivity index (χ1n) is 6.99. The number of nitrogens with one attached hydrogen (secondary N) is 1. The van der Waals surface area contributed by atoms with Gasteiger partial charge in [0.1, 0.15) is 6.61 Å². The van der Waals surface area contributed by atoms with Crippen molar-refractivity contribution in [2.75, 3.05) is 6.61 Å². The van der Waals surface area contributed by atoms with Crippen molar-refractivity contribution in [3.63, 3.8) is 0 Å². The Bertz CT molecular complexity index is 680. The molecule has 6 heteroatoms. The Hall–Kier alpha value is -2.63. The molecule has 0 fully saturated rings. The van der Waals surface area contributed by atoms with Crippen molar-refractivity contribution < 1.29 is 14.3 Å². The Morgan fingerprint density at radius 1 is 1.27 bits per heavy atom. The van der Waals surface area contributed by atoms with Gasteiger partial charge in [-0.25, -0.2) is 9.78 Å². The summed E-state index contributed by atoms with van der Waals surface area (Å²) in [6.45, 7) is 4.27. The summed E-state index contributed by atoms with van der Waals surface area (Å²) in [5.74, 6) is -0.595. The molecular formula is C16H18N2O4. The molecule has 2 aromatic rings. The van der Waals surface area contributed by atoms with Crippen molar-refractivity contribution in [1.82, 2.24) is 9.97 Å². The lowest BCUT2D eigenvalue weighted by atomic mass is 10.2. The number of carbonyl (C=O) groups excluding carboxylic acids is 1. The SMILES string of the molecule is CC(C)COC(=O)c1nc[nH]c(=O)c1OCc1ccccc1. The first-order chi connectivity index (χ1) is 10.6. The third-order valence-corrected chi connectivity index (χ3v) is 2.78. The average Bonchev–Trinajstić information content (AvgIpc) is 2.52. The fraction of sp³-hybridized carbons (Fsp3) is 0.312. The molecule has 0 radical (unpaired) electrons. The number of hydrogen-bond donors (Lipinski definition) is 1.